The molecule has 19 heavy (non-hydrogen) atoms. The lowest BCUT2D eigenvalue weighted by molar-refractivity contribution is 0.228. The minimum absolute atomic E-state index is 0.00977. The number of rotatable bonds is 4. The van der Waals surface area contributed by atoms with Gasteiger partial charge in [-0.3, -0.25) is 0 Å². The van der Waals surface area contributed by atoms with Crippen molar-refractivity contribution < 1.29 is 8.78 Å². The van der Waals surface area contributed by atoms with Crippen molar-refractivity contribution in [2.24, 2.45) is 17.6 Å². The molecule has 0 radical (unpaired) electrons. The fourth-order valence-electron chi connectivity index (χ4n) is 3.26. The van der Waals surface area contributed by atoms with Crippen LogP contribution in [0, 0.1) is 23.5 Å². The van der Waals surface area contributed by atoms with Crippen LogP contribution < -0.4 is 5.73 Å². The highest BCUT2D eigenvalue weighted by Crippen LogP contribution is 2.33. The Morgan fingerprint density at radius 1 is 1.21 bits per heavy atom. The van der Waals surface area contributed by atoms with E-state index in [1.54, 1.807) is 0 Å². The van der Waals surface area contributed by atoms with Crippen molar-refractivity contribution in [1.29, 1.82) is 0 Å². The smallest absolute Gasteiger partial charge is 0.126 e. The summed E-state index contributed by atoms with van der Waals surface area (Å²) in [6.07, 6.45) is 6.61. The Morgan fingerprint density at radius 3 is 2.53 bits per heavy atom. The Morgan fingerprint density at radius 2 is 1.89 bits per heavy atom. The summed E-state index contributed by atoms with van der Waals surface area (Å²) in [6, 6.07) is 3.70. The number of hydrogen-bond donors (Lipinski definition) is 1. The molecule has 1 aliphatic carbocycles. The first-order chi connectivity index (χ1) is 9.08. The van der Waals surface area contributed by atoms with Gasteiger partial charge in [-0.25, -0.2) is 8.78 Å². The molecular formula is C16H23F2N. The first-order valence-corrected chi connectivity index (χ1v) is 7.29. The third kappa shape index (κ3) is 4.00. The van der Waals surface area contributed by atoms with Gasteiger partial charge in [0.05, 0.1) is 0 Å². The van der Waals surface area contributed by atoms with E-state index in [1.165, 1.54) is 31.4 Å². The highest BCUT2D eigenvalue weighted by Gasteiger charge is 2.25. The predicted octanol–water partition coefficient (Wildman–Crippen LogP) is 4.05. The average molecular weight is 267 g/mol. The fourth-order valence-corrected chi connectivity index (χ4v) is 3.26. The molecule has 1 aromatic carbocycles. The SMILES string of the molecule is CCC1CCCC(C(N)Cc2cc(F)cc(F)c2)C1. The van der Waals surface area contributed by atoms with E-state index in [1.807, 2.05) is 0 Å². The zero-order valence-electron chi connectivity index (χ0n) is 11.5. The summed E-state index contributed by atoms with van der Waals surface area (Å²) in [5.41, 5.74) is 6.92. The highest BCUT2D eigenvalue weighted by molar-refractivity contribution is 5.19. The molecule has 1 saturated carbocycles. The van der Waals surface area contributed by atoms with E-state index in [9.17, 15) is 8.78 Å². The molecule has 0 spiro atoms. The lowest BCUT2D eigenvalue weighted by atomic mass is 9.76. The second kappa shape index (κ2) is 6.47. The molecule has 1 aromatic rings. The molecule has 3 heteroatoms. The van der Waals surface area contributed by atoms with E-state index in [0.29, 0.717) is 17.9 Å². The summed E-state index contributed by atoms with van der Waals surface area (Å²) < 4.78 is 26.3. The molecule has 1 aliphatic rings. The van der Waals surface area contributed by atoms with Crippen LogP contribution >= 0.6 is 0 Å². The van der Waals surface area contributed by atoms with Crippen LogP contribution in [0.2, 0.25) is 0 Å². The maximum Gasteiger partial charge on any atom is 0.126 e. The Labute approximate surface area is 114 Å². The van der Waals surface area contributed by atoms with Crippen molar-refractivity contribution in [1.82, 2.24) is 0 Å². The van der Waals surface area contributed by atoms with Gasteiger partial charge in [-0.15, -0.1) is 0 Å². The average Bonchev–Trinajstić information content (AvgIpc) is 2.37. The van der Waals surface area contributed by atoms with E-state index in [2.05, 4.69) is 6.92 Å². The van der Waals surface area contributed by atoms with E-state index < -0.39 is 11.6 Å². The molecule has 1 nitrogen and oxygen atoms in total. The molecule has 0 bridgehead atoms. The summed E-state index contributed by atoms with van der Waals surface area (Å²) in [6.45, 7) is 2.22. The Hall–Kier alpha value is -0.960. The largest absolute Gasteiger partial charge is 0.327 e. The van der Waals surface area contributed by atoms with E-state index in [4.69, 9.17) is 5.73 Å². The normalized spacial score (nSPS) is 25.3. The number of hydrogen-bond acceptors (Lipinski definition) is 1. The van der Waals surface area contributed by atoms with E-state index in [-0.39, 0.29) is 6.04 Å². The quantitative estimate of drug-likeness (QED) is 0.875. The molecule has 0 heterocycles. The Bertz CT molecular complexity index is 399. The minimum Gasteiger partial charge on any atom is -0.327 e. The van der Waals surface area contributed by atoms with Crippen LogP contribution in [0.25, 0.3) is 0 Å². The van der Waals surface area contributed by atoms with Crippen LogP contribution in [0.1, 0.15) is 44.6 Å². The second-order valence-electron chi connectivity index (χ2n) is 5.85. The maximum absolute atomic E-state index is 13.2. The molecule has 2 rings (SSSR count). The summed E-state index contributed by atoms with van der Waals surface area (Å²) >= 11 is 0. The van der Waals surface area contributed by atoms with Gasteiger partial charge in [0.2, 0.25) is 0 Å². The van der Waals surface area contributed by atoms with Crippen LogP contribution in [-0.4, -0.2) is 6.04 Å². The monoisotopic (exact) mass is 267 g/mol. The minimum atomic E-state index is -0.516. The molecule has 1 fully saturated rings. The molecule has 2 N–H and O–H groups in total. The lowest BCUT2D eigenvalue weighted by Gasteiger charge is -2.32. The van der Waals surface area contributed by atoms with Crippen molar-refractivity contribution >= 4 is 0 Å². The fraction of sp³-hybridized carbons (Fsp3) is 0.625. The molecule has 106 valence electrons. The van der Waals surface area contributed by atoms with Gasteiger partial charge >= 0.3 is 0 Å². The molecular weight excluding hydrogens is 244 g/mol. The van der Waals surface area contributed by atoms with Gasteiger partial charge in [-0.2, -0.15) is 0 Å². The topological polar surface area (TPSA) is 26.0 Å². The predicted molar refractivity (Wildman–Crippen MR) is 73.8 cm³/mol. The Kier molecular flexibility index (Phi) is 4.92. The zero-order valence-corrected chi connectivity index (χ0v) is 11.5. The van der Waals surface area contributed by atoms with Crippen molar-refractivity contribution in [2.75, 3.05) is 0 Å². The summed E-state index contributed by atoms with van der Waals surface area (Å²) in [4.78, 5) is 0. The number of nitrogens with two attached hydrogens (primary N) is 1. The van der Waals surface area contributed by atoms with Crippen molar-refractivity contribution in [3.8, 4) is 0 Å². The first kappa shape index (κ1) is 14.4. The lowest BCUT2D eigenvalue weighted by Crippen LogP contribution is -2.35. The van der Waals surface area contributed by atoms with E-state index in [0.717, 1.165) is 24.8 Å². The number of halogens is 2. The van der Waals surface area contributed by atoms with Crippen molar-refractivity contribution in [2.45, 2.75) is 51.5 Å². The van der Waals surface area contributed by atoms with E-state index >= 15 is 0 Å². The second-order valence-corrected chi connectivity index (χ2v) is 5.85. The third-order valence-electron chi connectivity index (χ3n) is 4.40. The molecule has 0 aromatic heterocycles. The highest BCUT2D eigenvalue weighted by atomic mass is 19.1. The van der Waals surface area contributed by atoms with Crippen molar-refractivity contribution in [3.05, 3.63) is 35.4 Å². The summed E-state index contributed by atoms with van der Waals surface area (Å²) in [5.74, 6) is 0.230. The van der Waals surface area contributed by atoms with Gasteiger partial charge in [0.1, 0.15) is 11.6 Å². The Balaban J connectivity index is 1.98. The molecule has 3 atom stereocenters. The first-order valence-electron chi connectivity index (χ1n) is 7.29. The molecule has 0 saturated heterocycles. The summed E-state index contributed by atoms with van der Waals surface area (Å²) in [5, 5.41) is 0. The van der Waals surface area contributed by atoms with Gasteiger partial charge in [0.15, 0.2) is 0 Å². The van der Waals surface area contributed by atoms with Crippen LogP contribution in [0.3, 0.4) is 0 Å². The van der Waals surface area contributed by atoms with Gasteiger partial charge in [0, 0.05) is 12.1 Å². The molecule has 3 unspecified atom stereocenters. The van der Waals surface area contributed by atoms with Crippen LogP contribution in [0.15, 0.2) is 18.2 Å². The van der Waals surface area contributed by atoms with Crippen LogP contribution in [0.4, 0.5) is 8.78 Å². The molecule has 0 aliphatic heterocycles. The number of benzene rings is 1. The van der Waals surface area contributed by atoms with Crippen molar-refractivity contribution in [3.63, 3.8) is 0 Å². The van der Waals surface area contributed by atoms with Gasteiger partial charge in [-0.05, 0) is 48.8 Å². The van der Waals surface area contributed by atoms with Crippen LogP contribution in [-0.2, 0) is 6.42 Å². The standard InChI is InChI=1S/C16H23F2N/c1-2-11-4-3-5-13(6-11)16(19)9-12-7-14(17)10-15(18)8-12/h7-8,10-11,13,16H,2-6,9,19H2,1H3. The third-order valence-corrected chi connectivity index (χ3v) is 4.40. The van der Waals surface area contributed by atoms with Gasteiger partial charge in [0.25, 0.3) is 0 Å². The molecule has 0 amide bonds. The zero-order chi connectivity index (χ0) is 13.8. The van der Waals surface area contributed by atoms with Crippen LogP contribution in [0.5, 0.6) is 0 Å². The summed E-state index contributed by atoms with van der Waals surface area (Å²) in [7, 11) is 0. The van der Waals surface area contributed by atoms with Gasteiger partial charge in [-0.1, -0.05) is 26.2 Å². The van der Waals surface area contributed by atoms with Gasteiger partial charge < -0.3 is 5.73 Å². The maximum atomic E-state index is 13.2.